The molecule has 1 fully saturated rings. The molecule has 0 aliphatic carbocycles. The number of hydrogen-bond donors (Lipinski definition) is 1. The zero-order chi connectivity index (χ0) is 20.8. The van der Waals surface area contributed by atoms with E-state index in [4.69, 9.17) is 10.5 Å². The molecule has 152 valence electrons. The Morgan fingerprint density at radius 1 is 1.10 bits per heavy atom. The van der Waals surface area contributed by atoms with Gasteiger partial charge in [-0.25, -0.2) is 0 Å². The molecule has 0 spiro atoms. The molecular formula is C23H21N3O3S. The van der Waals surface area contributed by atoms with Crippen LogP contribution < -0.4 is 5.73 Å². The number of nitrogens with two attached hydrogens (primary N) is 1. The molecule has 30 heavy (non-hydrogen) atoms. The first kappa shape index (κ1) is 18.8. The number of amides is 2. The van der Waals surface area contributed by atoms with Gasteiger partial charge in [0.15, 0.2) is 0 Å². The van der Waals surface area contributed by atoms with Gasteiger partial charge in [0.1, 0.15) is 6.10 Å². The maximum Gasteiger partial charge on any atom is 0.259 e. The summed E-state index contributed by atoms with van der Waals surface area (Å²) >= 11 is 1.38. The minimum atomic E-state index is -0.465. The predicted molar refractivity (Wildman–Crippen MR) is 118 cm³/mol. The topological polar surface area (TPSA) is 77.6 Å². The number of aryl methyl sites for hydroxylation is 1. The van der Waals surface area contributed by atoms with Gasteiger partial charge >= 0.3 is 0 Å². The van der Waals surface area contributed by atoms with Gasteiger partial charge in [0, 0.05) is 41.0 Å². The van der Waals surface area contributed by atoms with Crippen LogP contribution in [-0.4, -0.2) is 41.0 Å². The van der Waals surface area contributed by atoms with Crippen molar-refractivity contribution >= 4 is 44.1 Å². The second-order valence-electron chi connectivity index (χ2n) is 7.49. The third kappa shape index (κ3) is 2.98. The zero-order valence-corrected chi connectivity index (χ0v) is 17.3. The number of rotatable bonds is 3. The quantitative estimate of drug-likeness (QED) is 0.550. The number of ether oxygens (including phenoxy) is 1. The van der Waals surface area contributed by atoms with Crippen LogP contribution in [-0.2, 0) is 11.8 Å². The molecule has 1 aliphatic heterocycles. The Morgan fingerprint density at radius 2 is 1.83 bits per heavy atom. The van der Waals surface area contributed by atoms with Crippen molar-refractivity contribution in [3.05, 3.63) is 70.7 Å². The first-order chi connectivity index (χ1) is 14.5. The summed E-state index contributed by atoms with van der Waals surface area (Å²) in [6.07, 6.45) is 1.49. The molecule has 0 radical (unpaired) electrons. The van der Waals surface area contributed by atoms with Crippen molar-refractivity contribution in [1.82, 2.24) is 9.47 Å². The SMILES string of the molecule is Cn1cc(C(=O)N2CCO[C@H](c3c(C(N)=O)sc4ccccc34)C2)c2ccccc21. The van der Waals surface area contributed by atoms with Crippen LogP contribution in [0.4, 0.5) is 0 Å². The van der Waals surface area contributed by atoms with E-state index in [0.29, 0.717) is 30.1 Å². The summed E-state index contributed by atoms with van der Waals surface area (Å²) in [6, 6.07) is 15.7. The number of carbonyl (C=O) groups is 2. The van der Waals surface area contributed by atoms with Crippen LogP contribution in [0.1, 0.15) is 31.7 Å². The highest BCUT2D eigenvalue weighted by Gasteiger charge is 2.32. The fraction of sp³-hybridized carbons (Fsp3) is 0.217. The number of morpholine rings is 1. The largest absolute Gasteiger partial charge is 0.370 e. The Morgan fingerprint density at radius 3 is 2.63 bits per heavy atom. The molecule has 1 saturated heterocycles. The normalized spacial score (nSPS) is 17.0. The molecule has 1 aliphatic rings. The molecule has 6 nitrogen and oxygen atoms in total. The van der Waals surface area contributed by atoms with Crippen LogP contribution in [0.3, 0.4) is 0 Å². The summed E-state index contributed by atoms with van der Waals surface area (Å²) in [5.74, 6) is -0.493. The molecule has 5 rings (SSSR count). The highest BCUT2D eigenvalue weighted by atomic mass is 32.1. The van der Waals surface area contributed by atoms with Gasteiger partial charge in [-0.1, -0.05) is 36.4 Å². The Balaban J connectivity index is 1.51. The first-order valence-corrected chi connectivity index (χ1v) is 10.6. The van der Waals surface area contributed by atoms with E-state index in [-0.39, 0.29) is 5.91 Å². The molecule has 2 N–H and O–H groups in total. The van der Waals surface area contributed by atoms with E-state index in [1.807, 2.05) is 71.2 Å². The Kier molecular flexibility index (Phi) is 4.56. The van der Waals surface area contributed by atoms with E-state index < -0.39 is 12.0 Å². The number of carbonyl (C=O) groups excluding carboxylic acids is 2. The minimum absolute atomic E-state index is 0.0275. The van der Waals surface area contributed by atoms with Crippen molar-refractivity contribution in [3.8, 4) is 0 Å². The minimum Gasteiger partial charge on any atom is -0.370 e. The third-order valence-corrected chi connectivity index (χ3v) is 6.86. The molecule has 3 heterocycles. The molecule has 1 atom stereocenters. The van der Waals surface area contributed by atoms with Crippen LogP contribution in [0, 0.1) is 0 Å². The van der Waals surface area contributed by atoms with E-state index in [0.717, 1.165) is 26.6 Å². The fourth-order valence-electron chi connectivity index (χ4n) is 4.26. The van der Waals surface area contributed by atoms with Crippen LogP contribution in [0.2, 0.25) is 0 Å². The van der Waals surface area contributed by atoms with Crippen molar-refractivity contribution in [2.24, 2.45) is 12.8 Å². The predicted octanol–water partition coefficient (Wildman–Crippen LogP) is 3.71. The van der Waals surface area contributed by atoms with Gasteiger partial charge in [0.2, 0.25) is 0 Å². The number of aromatic nitrogens is 1. The van der Waals surface area contributed by atoms with Crippen LogP contribution >= 0.6 is 11.3 Å². The second kappa shape index (κ2) is 7.27. The molecule has 0 bridgehead atoms. The lowest BCUT2D eigenvalue weighted by atomic mass is 10.0. The van der Waals surface area contributed by atoms with Crippen LogP contribution in [0.15, 0.2) is 54.7 Å². The van der Waals surface area contributed by atoms with Gasteiger partial charge in [0.25, 0.3) is 11.8 Å². The Bertz CT molecular complexity index is 1290. The average molecular weight is 420 g/mol. The number of primary amides is 1. The van der Waals surface area contributed by atoms with Crippen LogP contribution in [0.5, 0.6) is 0 Å². The molecule has 0 unspecified atom stereocenters. The molecule has 4 aromatic rings. The molecule has 7 heteroatoms. The fourth-order valence-corrected chi connectivity index (χ4v) is 5.37. The van der Waals surface area contributed by atoms with Crippen molar-refractivity contribution in [2.45, 2.75) is 6.10 Å². The van der Waals surface area contributed by atoms with Crippen LogP contribution in [0.25, 0.3) is 21.0 Å². The van der Waals surface area contributed by atoms with E-state index in [1.54, 1.807) is 0 Å². The number of para-hydroxylation sites is 1. The molecular weight excluding hydrogens is 398 g/mol. The van der Waals surface area contributed by atoms with Crippen molar-refractivity contribution in [2.75, 3.05) is 19.7 Å². The molecule has 2 aromatic heterocycles. The number of hydrogen-bond acceptors (Lipinski definition) is 4. The van der Waals surface area contributed by atoms with Crippen molar-refractivity contribution in [1.29, 1.82) is 0 Å². The lowest BCUT2D eigenvalue weighted by molar-refractivity contribution is -0.0221. The molecule has 2 aromatic carbocycles. The van der Waals surface area contributed by atoms with Gasteiger partial charge in [0.05, 0.1) is 23.6 Å². The van der Waals surface area contributed by atoms with E-state index >= 15 is 0 Å². The second-order valence-corrected chi connectivity index (χ2v) is 8.54. The smallest absolute Gasteiger partial charge is 0.259 e. The van der Waals surface area contributed by atoms with Gasteiger partial charge in [-0.15, -0.1) is 11.3 Å². The number of benzene rings is 2. The molecule has 0 saturated carbocycles. The van der Waals surface area contributed by atoms with Gasteiger partial charge in [-0.3, -0.25) is 9.59 Å². The summed E-state index contributed by atoms with van der Waals surface area (Å²) in [5.41, 5.74) is 8.16. The molecule has 2 amide bonds. The summed E-state index contributed by atoms with van der Waals surface area (Å²) < 4.78 is 8.99. The first-order valence-electron chi connectivity index (χ1n) is 9.80. The summed E-state index contributed by atoms with van der Waals surface area (Å²) in [5, 5.41) is 1.90. The van der Waals surface area contributed by atoms with Crippen molar-refractivity contribution in [3.63, 3.8) is 0 Å². The highest BCUT2D eigenvalue weighted by Crippen LogP contribution is 2.38. The maximum atomic E-state index is 13.4. The van der Waals surface area contributed by atoms with Crippen molar-refractivity contribution < 1.29 is 14.3 Å². The maximum absolute atomic E-state index is 13.4. The lowest BCUT2D eigenvalue weighted by Gasteiger charge is -2.33. The summed E-state index contributed by atoms with van der Waals surface area (Å²) in [7, 11) is 1.94. The number of nitrogens with zero attached hydrogens (tertiary/aromatic N) is 2. The van der Waals surface area contributed by atoms with Gasteiger partial charge in [-0.05, 0) is 17.5 Å². The third-order valence-electron chi connectivity index (χ3n) is 5.66. The monoisotopic (exact) mass is 419 g/mol. The van der Waals surface area contributed by atoms with Gasteiger partial charge in [-0.2, -0.15) is 0 Å². The van der Waals surface area contributed by atoms with E-state index in [1.165, 1.54) is 11.3 Å². The van der Waals surface area contributed by atoms with E-state index in [2.05, 4.69) is 0 Å². The average Bonchev–Trinajstić information content (AvgIpc) is 3.32. The van der Waals surface area contributed by atoms with Gasteiger partial charge < -0.3 is 19.9 Å². The Labute approximate surface area is 177 Å². The summed E-state index contributed by atoms with van der Waals surface area (Å²) in [4.78, 5) is 27.8. The number of thiophene rings is 1. The number of fused-ring (bicyclic) bond motifs is 2. The standard InChI is InChI=1S/C23H21N3O3S/c1-25-12-16(14-6-2-4-8-17(14)25)23(28)26-10-11-29-18(13-26)20-15-7-3-5-9-19(15)30-21(20)22(24)27/h2-9,12,18H,10-11,13H2,1H3,(H2,24,27)/t18-/m0/s1. The lowest BCUT2D eigenvalue weighted by Crippen LogP contribution is -2.42. The zero-order valence-electron chi connectivity index (χ0n) is 16.5. The highest BCUT2D eigenvalue weighted by molar-refractivity contribution is 7.21. The Hall–Kier alpha value is -3.16. The van der Waals surface area contributed by atoms with E-state index in [9.17, 15) is 9.59 Å². The summed E-state index contributed by atoms with van der Waals surface area (Å²) in [6.45, 7) is 1.29.